The summed E-state index contributed by atoms with van der Waals surface area (Å²) in [5, 5.41) is 10.8. The second kappa shape index (κ2) is 5.84. The van der Waals surface area contributed by atoms with Gasteiger partial charge in [0.2, 0.25) is 5.28 Å². The maximum Gasteiger partial charge on any atom is 0.225 e. The molecule has 1 fully saturated rings. The van der Waals surface area contributed by atoms with Crippen molar-refractivity contribution in [3.8, 4) is 0 Å². The first-order valence-corrected chi connectivity index (χ1v) is 8.22. The van der Waals surface area contributed by atoms with Gasteiger partial charge in [-0.25, -0.2) is 4.98 Å². The molecule has 2 aromatic rings. The summed E-state index contributed by atoms with van der Waals surface area (Å²) in [5.41, 5.74) is 0. The summed E-state index contributed by atoms with van der Waals surface area (Å²) >= 11 is 7.76. The fourth-order valence-electron chi connectivity index (χ4n) is 2.75. The smallest absolute Gasteiger partial charge is 0.225 e. The van der Waals surface area contributed by atoms with E-state index in [2.05, 4.69) is 27.9 Å². The average Bonchev–Trinajstić information content (AvgIpc) is 2.89. The number of aliphatic hydroxyl groups is 1. The highest BCUT2D eigenvalue weighted by molar-refractivity contribution is 7.18. The monoisotopic (exact) mass is 311 g/mol. The zero-order valence-electron chi connectivity index (χ0n) is 11.5. The van der Waals surface area contributed by atoms with Gasteiger partial charge in [0.05, 0.1) is 5.39 Å². The van der Waals surface area contributed by atoms with Gasteiger partial charge in [0, 0.05) is 24.6 Å². The number of piperidine rings is 1. The second-order valence-corrected chi connectivity index (χ2v) is 6.69. The summed E-state index contributed by atoms with van der Waals surface area (Å²) in [4.78, 5) is 13.3. The first-order valence-electron chi connectivity index (χ1n) is 7.03. The summed E-state index contributed by atoms with van der Waals surface area (Å²) in [5.74, 6) is 1.26. The Hall–Kier alpha value is -0.910. The third-order valence-corrected chi connectivity index (χ3v) is 5.16. The number of halogens is 1. The van der Waals surface area contributed by atoms with Gasteiger partial charge in [0.15, 0.2) is 0 Å². The second-order valence-electron chi connectivity index (χ2n) is 5.24. The summed E-state index contributed by atoms with van der Waals surface area (Å²) < 4.78 is 0. The van der Waals surface area contributed by atoms with Crippen molar-refractivity contribution < 1.29 is 5.11 Å². The molecule has 1 aliphatic rings. The van der Waals surface area contributed by atoms with Crippen LogP contribution in [-0.2, 0) is 6.42 Å². The Morgan fingerprint density at radius 1 is 1.50 bits per heavy atom. The number of rotatable bonds is 3. The van der Waals surface area contributed by atoms with Crippen molar-refractivity contribution >= 4 is 39.0 Å². The maximum atomic E-state index is 9.38. The van der Waals surface area contributed by atoms with Gasteiger partial charge in [-0.1, -0.05) is 6.92 Å². The van der Waals surface area contributed by atoms with E-state index in [1.165, 1.54) is 4.88 Å². The molecule has 6 heteroatoms. The van der Waals surface area contributed by atoms with Crippen LogP contribution >= 0.6 is 22.9 Å². The van der Waals surface area contributed by atoms with Crippen LogP contribution in [0.15, 0.2) is 6.07 Å². The number of hydrogen-bond acceptors (Lipinski definition) is 5. The molecule has 0 aromatic carbocycles. The van der Waals surface area contributed by atoms with Crippen LogP contribution in [0.2, 0.25) is 5.28 Å². The molecule has 3 heterocycles. The van der Waals surface area contributed by atoms with Crippen molar-refractivity contribution in [2.75, 3.05) is 24.6 Å². The Kier molecular flexibility index (Phi) is 4.10. The Morgan fingerprint density at radius 2 is 2.35 bits per heavy atom. The van der Waals surface area contributed by atoms with Crippen LogP contribution in [0.25, 0.3) is 10.2 Å². The molecule has 0 amide bonds. The third-order valence-electron chi connectivity index (χ3n) is 3.82. The Morgan fingerprint density at radius 3 is 3.10 bits per heavy atom. The minimum atomic E-state index is 0.238. The van der Waals surface area contributed by atoms with Crippen LogP contribution in [0.4, 0.5) is 5.82 Å². The van der Waals surface area contributed by atoms with E-state index in [0.717, 1.165) is 48.4 Å². The van der Waals surface area contributed by atoms with E-state index in [-0.39, 0.29) is 6.61 Å². The maximum absolute atomic E-state index is 9.38. The molecule has 1 atom stereocenters. The van der Waals surface area contributed by atoms with Gasteiger partial charge in [-0.2, -0.15) is 4.98 Å². The molecule has 1 N–H and O–H groups in total. The largest absolute Gasteiger partial charge is 0.396 e. The van der Waals surface area contributed by atoms with Gasteiger partial charge in [-0.3, -0.25) is 0 Å². The molecular formula is C14H18ClN3OS. The van der Waals surface area contributed by atoms with E-state index in [9.17, 15) is 5.11 Å². The molecular weight excluding hydrogens is 294 g/mol. The van der Waals surface area contributed by atoms with Crippen molar-refractivity contribution in [1.29, 1.82) is 0 Å². The first-order chi connectivity index (χ1) is 9.71. The molecule has 0 radical (unpaired) electrons. The molecule has 108 valence electrons. The number of aromatic nitrogens is 2. The lowest BCUT2D eigenvalue weighted by Crippen LogP contribution is -2.37. The number of fused-ring (bicyclic) bond motifs is 1. The lowest BCUT2D eigenvalue weighted by molar-refractivity contribution is 0.208. The minimum absolute atomic E-state index is 0.238. The van der Waals surface area contributed by atoms with Crippen LogP contribution in [0.3, 0.4) is 0 Å². The number of nitrogens with zero attached hydrogens (tertiary/aromatic N) is 3. The molecule has 4 nitrogen and oxygen atoms in total. The van der Waals surface area contributed by atoms with Gasteiger partial charge >= 0.3 is 0 Å². The van der Waals surface area contributed by atoms with Crippen molar-refractivity contribution in [2.24, 2.45) is 5.92 Å². The summed E-state index contributed by atoms with van der Waals surface area (Å²) in [6.45, 7) is 4.19. The number of hydrogen-bond donors (Lipinski definition) is 1. The van der Waals surface area contributed by atoms with E-state index in [1.54, 1.807) is 11.3 Å². The zero-order chi connectivity index (χ0) is 14.1. The molecule has 1 unspecified atom stereocenters. The van der Waals surface area contributed by atoms with E-state index in [4.69, 9.17) is 11.6 Å². The van der Waals surface area contributed by atoms with E-state index < -0.39 is 0 Å². The summed E-state index contributed by atoms with van der Waals surface area (Å²) in [6, 6.07) is 2.17. The number of thiophene rings is 1. The fourth-order valence-corrected chi connectivity index (χ4v) is 3.93. The topological polar surface area (TPSA) is 49.2 Å². The van der Waals surface area contributed by atoms with Gasteiger partial charge < -0.3 is 10.0 Å². The molecule has 1 aliphatic heterocycles. The number of anilines is 1. The molecule has 1 saturated heterocycles. The van der Waals surface area contributed by atoms with Gasteiger partial charge in [0.1, 0.15) is 10.6 Å². The molecule has 20 heavy (non-hydrogen) atoms. The number of aliphatic hydroxyl groups excluding tert-OH is 1. The molecule has 2 aromatic heterocycles. The predicted octanol–water partition coefficient (Wildman–Crippen LogP) is 3.12. The zero-order valence-corrected chi connectivity index (χ0v) is 13.0. The highest BCUT2D eigenvalue weighted by Crippen LogP contribution is 2.34. The average molecular weight is 312 g/mol. The van der Waals surface area contributed by atoms with E-state index in [0.29, 0.717) is 11.2 Å². The van der Waals surface area contributed by atoms with Crippen LogP contribution < -0.4 is 4.90 Å². The molecule has 3 rings (SSSR count). The normalized spacial score (nSPS) is 19.8. The highest BCUT2D eigenvalue weighted by Gasteiger charge is 2.23. The molecule has 0 aliphatic carbocycles. The van der Waals surface area contributed by atoms with Crippen molar-refractivity contribution in [2.45, 2.75) is 26.2 Å². The quantitative estimate of drug-likeness (QED) is 0.885. The Labute approximate surface area is 127 Å². The minimum Gasteiger partial charge on any atom is -0.396 e. The highest BCUT2D eigenvalue weighted by atomic mass is 35.5. The standard InChI is InChI=1S/C14H18ClN3OS/c1-2-10-6-11-12(16-14(15)17-13(11)20-10)18-5-3-4-9(7-18)8-19/h6,9,19H,2-5,7-8H2,1H3. The Bertz CT molecular complexity index is 616. The van der Waals surface area contributed by atoms with Gasteiger partial charge in [-0.05, 0) is 42.8 Å². The SMILES string of the molecule is CCc1cc2c(N3CCCC(CO)C3)nc(Cl)nc2s1. The van der Waals surface area contributed by atoms with Crippen molar-refractivity contribution in [1.82, 2.24) is 9.97 Å². The fraction of sp³-hybridized carbons (Fsp3) is 0.571. The lowest BCUT2D eigenvalue weighted by Gasteiger charge is -2.33. The van der Waals surface area contributed by atoms with Crippen molar-refractivity contribution in [3.63, 3.8) is 0 Å². The third kappa shape index (κ3) is 2.62. The van der Waals surface area contributed by atoms with Gasteiger partial charge in [-0.15, -0.1) is 11.3 Å². The lowest BCUT2D eigenvalue weighted by atomic mass is 9.99. The molecule has 0 bridgehead atoms. The van der Waals surface area contributed by atoms with Crippen LogP contribution in [0.5, 0.6) is 0 Å². The van der Waals surface area contributed by atoms with Crippen LogP contribution in [-0.4, -0.2) is 34.8 Å². The van der Waals surface area contributed by atoms with Crippen LogP contribution in [0, 0.1) is 5.92 Å². The first kappa shape index (κ1) is 14.0. The molecule has 0 spiro atoms. The van der Waals surface area contributed by atoms with Crippen molar-refractivity contribution in [3.05, 3.63) is 16.2 Å². The molecule has 0 saturated carbocycles. The predicted molar refractivity (Wildman–Crippen MR) is 83.8 cm³/mol. The summed E-state index contributed by atoms with van der Waals surface area (Å²) in [7, 11) is 0. The Balaban J connectivity index is 2.03. The van der Waals surface area contributed by atoms with Gasteiger partial charge in [0.25, 0.3) is 0 Å². The van der Waals surface area contributed by atoms with E-state index in [1.807, 2.05) is 0 Å². The number of aryl methyl sites for hydroxylation is 1. The van der Waals surface area contributed by atoms with E-state index >= 15 is 0 Å². The summed E-state index contributed by atoms with van der Waals surface area (Å²) in [6.07, 6.45) is 3.16. The van der Waals surface area contributed by atoms with Crippen LogP contribution in [0.1, 0.15) is 24.6 Å².